The maximum atomic E-state index is 5.65. The second-order valence-corrected chi connectivity index (χ2v) is 5.39. The molecule has 0 aliphatic carbocycles. The lowest BCUT2D eigenvalue weighted by Gasteiger charge is -2.20. The minimum absolute atomic E-state index is 0.598. The maximum Gasteiger partial charge on any atom is 0.204 e. The van der Waals surface area contributed by atoms with Gasteiger partial charge in [0.15, 0.2) is 11.5 Å². The van der Waals surface area contributed by atoms with Gasteiger partial charge in [-0.1, -0.05) is 6.07 Å². The van der Waals surface area contributed by atoms with Gasteiger partial charge in [0, 0.05) is 12.1 Å². The molecule has 0 bridgehead atoms. The Morgan fingerprint density at radius 1 is 0.792 bits per heavy atom. The third-order valence-corrected chi connectivity index (χ3v) is 3.96. The lowest BCUT2D eigenvalue weighted by Crippen LogP contribution is -2.07. The SMILES string of the molecule is CNCc1cc(OC)ccc1-c1cc(C)c(OC)c(OC)c1OC. The van der Waals surface area contributed by atoms with Crippen molar-refractivity contribution < 1.29 is 18.9 Å². The van der Waals surface area contributed by atoms with E-state index >= 15 is 0 Å². The average Bonchev–Trinajstić information content (AvgIpc) is 2.60. The molecule has 0 heterocycles. The number of methoxy groups -OCH3 is 4. The first-order chi connectivity index (χ1) is 11.6. The zero-order valence-corrected chi connectivity index (χ0v) is 15.1. The van der Waals surface area contributed by atoms with E-state index in [2.05, 4.69) is 11.4 Å². The van der Waals surface area contributed by atoms with Crippen LogP contribution in [0.3, 0.4) is 0 Å². The van der Waals surface area contributed by atoms with Crippen LogP contribution in [0.15, 0.2) is 24.3 Å². The summed E-state index contributed by atoms with van der Waals surface area (Å²) in [6.07, 6.45) is 0. The number of rotatable bonds is 7. The molecular formula is C19H25NO4. The second kappa shape index (κ2) is 7.93. The average molecular weight is 331 g/mol. The van der Waals surface area contributed by atoms with E-state index in [0.29, 0.717) is 23.8 Å². The largest absolute Gasteiger partial charge is 0.497 e. The van der Waals surface area contributed by atoms with Crippen LogP contribution in [-0.2, 0) is 6.54 Å². The van der Waals surface area contributed by atoms with Gasteiger partial charge in [0.1, 0.15) is 5.75 Å². The number of hydrogen-bond donors (Lipinski definition) is 1. The van der Waals surface area contributed by atoms with Crippen LogP contribution in [0.1, 0.15) is 11.1 Å². The Bertz CT molecular complexity index is 713. The molecule has 0 atom stereocenters. The molecule has 2 rings (SSSR count). The van der Waals surface area contributed by atoms with Crippen molar-refractivity contribution in [1.82, 2.24) is 5.32 Å². The lowest BCUT2D eigenvalue weighted by molar-refractivity contribution is 0.324. The highest BCUT2D eigenvalue weighted by Gasteiger charge is 2.21. The molecule has 0 aromatic heterocycles. The summed E-state index contributed by atoms with van der Waals surface area (Å²) < 4.78 is 22.0. The van der Waals surface area contributed by atoms with E-state index in [-0.39, 0.29) is 0 Å². The fourth-order valence-electron chi connectivity index (χ4n) is 2.89. The smallest absolute Gasteiger partial charge is 0.204 e. The normalized spacial score (nSPS) is 10.4. The van der Waals surface area contributed by atoms with Crippen molar-refractivity contribution in [3.05, 3.63) is 35.4 Å². The highest BCUT2D eigenvalue weighted by molar-refractivity contribution is 5.80. The van der Waals surface area contributed by atoms with Gasteiger partial charge in [0.25, 0.3) is 0 Å². The van der Waals surface area contributed by atoms with Crippen LogP contribution in [0.25, 0.3) is 11.1 Å². The van der Waals surface area contributed by atoms with Gasteiger partial charge in [-0.15, -0.1) is 0 Å². The topological polar surface area (TPSA) is 49.0 Å². The molecule has 0 aliphatic rings. The van der Waals surface area contributed by atoms with Gasteiger partial charge in [-0.2, -0.15) is 0 Å². The minimum Gasteiger partial charge on any atom is -0.497 e. The molecular weight excluding hydrogens is 306 g/mol. The number of aryl methyl sites for hydroxylation is 1. The van der Waals surface area contributed by atoms with Crippen LogP contribution >= 0.6 is 0 Å². The zero-order chi connectivity index (χ0) is 17.7. The lowest BCUT2D eigenvalue weighted by atomic mass is 9.96. The molecule has 5 nitrogen and oxygen atoms in total. The summed E-state index contributed by atoms with van der Waals surface area (Å²) in [4.78, 5) is 0. The Hall–Kier alpha value is -2.40. The predicted octanol–water partition coefficient (Wildman–Crippen LogP) is 3.42. The van der Waals surface area contributed by atoms with E-state index in [1.807, 2.05) is 32.2 Å². The zero-order valence-electron chi connectivity index (χ0n) is 15.1. The Kier molecular flexibility index (Phi) is 5.93. The van der Waals surface area contributed by atoms with Crippen LogP contribution < -0.4 is 24.3 Å². The Labute approximate surface area is 143 Å². The van der Waals surface area contributed by atoms with Gasteiger partial charge < -0.3 is 24.3 Å². The van der Waals surface area contributed by atoms with Crippen molar-refractivity contribution in [3.63, 3.8) is 0 Å². The summed E-state index contributed by atoms with van der Waals surface area (Å²) in [7, 11) is 8.47. The van der Waals surface area contributed by atoms with E-state index in [1.54, 1.807) is 28.4 Å². The van der Waals surface area contributed by atoms with Crippen LogP contribution in [0.5, 0.6) is 23.0 Å². The third-order valence-electron chi connectivity index (χ3n) is 3.96. The number of nitrogens with one attached hydrogen (secondary N) is 1. The van der Waals surface area contributed by atoms with Gasteiger partial charge in [0.2, 0.25) is 5.75 Å². The van der Waals surface area contributed by atoms with E-state index in [0.717, 1.165) is 28.0 Å². The summed E-state index contributed by atoms with van der Waals surface area (Å²) >= 11 is 0. The molecule has 0 saturated carbocycles. The molecule has 0 unspecified atom stereocenters. The first-order valence-electron chi connectivity index (χ1n) is 7.72. The van der Waals surface area contributed by atoms with Crippen LogP contribution in [0.4, 0.5) is 0 Å². The molecule has 1 N–H and O–H groups in total. The van der Waals surface area contributed by atoms with Crippen molar-refractivity contribution in [2.75, 3.05) is 35.5 Å². The maximum absolute atomic E-state index is 5.65. The van der Waals surface area contributed by atoms with Gasteiger partial charge >= 0.3 is 0 Å². The second-order valence-electron chi connectivity index (χ2n) is 5.39. The van der Waals surface area contributed by atoms with E-state index in [1.165, 1.54) is 0 Å². The van der Waals surface area contributed by atoms with E-state index in [4.69, 9.17) is 18.9 Å². The summed E-state index contributed by atoms with van der Waals surface area (Å²) in [5.41, 5.74) is 4.12. The summed E-state index contributed by atoms with van der Waals surface area (Å²) in [5, 5.41) is 3.20. The molecule has 0 radical (unpaired) electrons. The van der Waals surface area contributed by atoms with Crippen LogP contribution in [0.2, 0.25) is 0 Å². The summed E-state index contributed by atoms with van der Waals surface area (Å²) in [6.45, 7) is 2.70. The van der Waals surface area contributed by atoms with Crippen LogP contribution in [-0.4, -0.2) is 35.5 Å². The summed E-state index contributed by atoms with van der Waals surface area (Å²) in [6, 6.07) is 8.06. The first-order valence-corrected chi connectivity index (χ1v) is 7.72. The minimum atomic E-state index is 0.598. The molecule has 0 spiro atoms. The molecule has 2 aromatic rings. The van der Waals surface area contributed by atoms with E-state index in [9.17, 15) is 0 Å². The fraction of sp³-hybridized carbons (Fsp3) is 0.368. The molecule has 0 aliphatic heterocycles. The van der Waals surface area contributed by atoms with Gasteiger partial charge in [-0.25, -0.2) is 0 Å². The standard InChI is InChI=1S/C19H25NO4/c1-12-9-16(18(23-5)19(24-6)17(12)22-4)15-8-7-14(21-3)10-13(15)11-20-2/h7-10,20H,11H2,1-6H3. The highest BCUT2D eigenvalue weighted by Crippen LogP contribution is 2.47. The highest BCUT2D eigenvalue weighted by atomic mass is 16.5. The molecule has 5 heteroatoms. The Morgan fingerprint density at radius 2 is 1.46 bits per heavy atom. The van der Waals surface area contributed by atoms with Crippen molar-refractivity contribution in [1.29, 1.82) is 0 Å². The van der Waals surface area contributed by atoms with E-state index < -0.39 is 0 Å². The van der Waals surface area contributed by atoms with Gasteiger partial charge in [-0.05, 0) is 48.9 Å². The number of hydrogen-bond acceptors (Lipinski definition) is 5. The van der Waals surface area contributed by atoms with Gasteiger partial charge in [-0.3, -0.25) is 0 Å². The number of ether oxygens (including phenoxy) is 4. The predicted molar refractivity (Wildman–Crippen MR) is 95.6 cm³/mol. The monoisotopic (exact) mass is 331 g/mol. The molecule has 130 valence electrons. The molecule has 0 amide bonds. The van der Waals surface area contributed by atoms with Crippen molar-refractivity contribution >= 4 is 0 Å². The van der Waals surface area contributed by atoms with Crippen LogP contribution in [0, 0.1) is 6.92 Å². The Balaban J connectivity index is 2.74. The third kappa shape index (κ3) is 3.26. The molecule has 24 heavy (non-hydrogen) atoms. The number of benzene rings is 2. The Morgan fingerprint density at radius 3 is 2.00 bits per heavy atom. The summed E-state index contributed by atoms with van der Waals surface area (Å²) in [5.74, 6) is 2.76. The van der Waals surface area contributed by atoms with Crippen molar-refractivity contribution in [2.24, 2.45) is 0 Å². The fourth-order valence-corrected chi connectivity index (χ4v) is 2.89. The van der Waals surface area contributed by atoms with Gasteiger partial charge in [0.05, 0.1) is 28.4 Å². The van der Waals surface area contributed by atoms with Crippen molar-refractivity contribution in [3.8, 4) is 34.1 Å². The molecule has 2 aromatic carbocycles. The van der Waals surface area contributed by atoms with Crippen molar-refractivity contribution in [2.45, 2.75) is 13.5 Å². The molecule has 0 saturated heterocycles. The first kappa shape index (κ1) is 17.9. The molecule has 0 fully saturated rings. The quantitative estimate of drug-likeness (QED) is 0.842.